The first-order valence-corrected chi connectivity index (χ1v) is 33.2. The average molecular weight is 1320 g/mol. The Morgan fingerprint density at radius 2 is 0.947 bits per heavy atom. The first-order valence-electron chi connectivity index (χ1n) is 33.2. The van der Waals surface area contributed by atoms with Crippen molar-refractivity contribution in [1.29, 1.82) is 0 Å². The molecule has 0 spiro atoms. The zero-order chi connectivity index (χ0) is 72.2. The maximum atomic E-state index is 15.4. The Morgan fingerprint density at radius 3 is 1.41 bits per heavy atom. The van der Waals surface area contributed by atoms with E-state index in [0.717, 1.165) is 15.4 Å². The van der Waals surface area contributed by atoms with Crippen LogP contribution in [0.2, 0.25) is 0 Å². The van der Waals surface area contributed by atoms with Crippen LogP contribution in [0.5, 0.6) is 5.75 Å². The van der Waals surface area contributed by atoms with Gasteiger partial charge in [0.25, 0.3) is 0 Å². The second-order valence-electron chi connectivity index (χ2n) is 28.1. The number of hydrogen-bond donors (Lipinski definition) is 5. The van der Waals surface area contributed by atoms with Crippen molar-refractivity contribution in [2.75, 3.05) is 55.9 Å². The summed E-state index contributed by atoms with van der Waals surface area (Å²) in [7, 11) is 9.82. The summed E-state index contributed by atoms with van der Waals surface area (Å²) in [6.07, 6.45) is 2.60. The predicted molar refractivity (Wildman–Crippen MR) is 360 cm³/mol. The highest BCUT2D eigenvalue weighted by Crippen LogP contribution is 2.26. The fourth-order valence-corrected chi connectivity index (χ4v) is 11.6. The van der Waals surface area contributed by atoms with Gasteiger partial charge in [-0.1, -0.05) is 121 Å². The first kappa shape index (κ1) is 82.7. The van der Waals surface area contributed by atoms with Crippen LogP contribution in [-0.4, -0.2) is 233 Å². The van der Waals surface area contributed by atoms with Crippen LogP contribution in [0, 0.1) is 41.4 Å². The summed E-state index contributed by atoms with van der Waals surface area (Å²) in [4.78, 5) is 181. The van der Waals surface area contributed by atoms with Gasteiger partial charge >= 0.3 is 5.97 Å². The molecule has 2 rings (SSSR count). The highest BCUT2D eigenvalue weighted by molar-refractivity contribution is 5.99. The van der Waals surface area contributed by atoms with Gasteiger partial charge in [0.15, 0.2) is 0 Å². The van der Waals surface area contributed by atoms with Gasteiger partial charge < -0.3 is 65.4 Å². The number of benzene rings is 1. The number of hydrogen-bond acceptors (Lipinski definition) is 14. The molecule has 1 aromatic carbocycles. The van der Waals surface area contributed by atoms with Crippen LogP contribution in [-0.2, 0) is 57.5 Å². The van der Waals surface area contributed by atoms with Crippen LogP contribution in [0.25, 0.3) is 6.08 Å². The zero-order valence-corrected chi connectivity index (χ0v) is 60.7. The van der Waals surface area contributed by atoms with Gasteiger partial charge in [-0.05, 0) is 111 Å². The first-order chi connectivity index (χ1) is 43.5. The fraction of sp³-hybridized carbons (Fsp3) is 0.710. The van der Waals surface area contributed by atoms with Gasteiger partial charge in [0.1, 0.15) is 66.2 Å². The number of esters is 1. The minimum absolute atomic E-state index is 0.0184. The van der Waals surface area contributed by atoms with Crippen LogP contribution in [0.1, 0.15) is 162 Å². The van der Waals surface area contributed by atoms with E-state index in [1.165, 1.54) is 94.6 Å². The standard InChI is InChI=1S/C69H115N11O14/c1-25-50-65(89)74(18)37-55(82)75(19)51(33-38(2)3)62(86)73-56(42(10)11)68(92)76(20)52(34-39(4)5)61(85)70-45(15)60(84)71-46(16)64(88)77(21)53(35-40(6)7)66(90)78(22)54(36-41(8)9)67(91)79(23)57(43(12)13)69(93)80(24)58(63(87)72-50)59(83)44(14)27-26-28-48-29-31-49(32-30-48)94-47(17)81/h26,28-32,38-46,50-54,56-59,83H,25,27,33-37H2,1-24H3,(H,70,85)(H,71,84)(H,72,87)(H,73,86)/t44-,45+,46-,50+,51+,52+,53+,54+,56+,57+,58+,59-/m1/s1. The van der Waals surface area contributed by atoms with E-state index in [4.69, 9.17) is 4.74 Å². The van der Waals surface area contributed by atoms with Crippen molar-refractivity contribution in [3.63, 3.8) is 0 Å². The molecule has 1 saturated heterocycles. The average Bonchev–Trinajstić information content (AvgIpc) is 0.809. The number of carbonyl (C=O) groups is 12. The third-order valence-corrected chi connectivity index (χ3v) is 17.3. The maximum absolute atomic E-state index is 15.4. The maximum Gasteiger partial charge on any atom is 0.308 e. The van der Waals surface area contributed by atoms with E-state index in [-0.39, 0.29) is 62.2 Å². The Bertz CT molecular complexity index is 2810. The topological polar surface area (TPSA) is 305 Å². The van der Waals surface area contributed by atoms with Gasteiger partial charge in [-0.25, -0.2) is 0 Å². The van der Waals surface area contributed by atoms with Gasteiger partial charge in [-0.15, -0.1) is 0 Å². The van der Waals surface area contributed by atoms with E-state index >= 15 is 19.2 Å². The molecule has 1 aliphatic rings. The molecule has 0 radical (unpaired) electrons. The summed E-state index contributed by atoms with van der Waals surface area (Å²) in [6.45, 7) is 28.6. The van der Waals surface area contributed by atoms with Crippen molar-refractivity contribution in [3.05, 3.63) is 35.9 Å². The number of carbonyl (C=O) groups excluding carboxylic acids is 12. The summed E-state index contributed by atoms with van der Waals surface area (Å²) >= 11 is 0. The number of allylic oxidation sites excluding steroid dienone is 1. The van der Waals surface area contributed by atoms with Crippen LogP contribution in [0.15, 0.2) is 30.3 Å². The lowest BCUT2D eigenvalue weighted by Crippen LogP contribution is -2.63. The highest BCUT2D eigenvalue weighted by Gasteiger charge is 2.46. The molecule has 5 N–H and O–H groups in total. The Kier molecular flexibility index (Phi) is 33.1. The predicted octanol–water partition coefficient (Wildman–Crippen LogP) is 4.33. The van der Waals surface area contributed by atoms with Crippen LogP contribution in [0.4, 0.5) is 0 Å². The molecule has 0 bridgehead atoms. The molecule has 11 amide bonds. The van der Waals surface area contributed by atoms with Crippen molar-refractivity contribution in [2.45, 2.75) is 223 Å². The zero-order valence-electron chi connectivity index (χ0n) is 60.7. The number of ether oxygens (including phenoxy) is 1. The summed E-state index contributed by atoms with van der Waals surface area (Å²) in [6, 6.07) is -6.01. The summed E-state index contributed by atoms with van der Waals surface area (Å²) < 4.78 is 5.16. The Balaban J connectivity index is 2.99. The molecule has 25 heteroatoms. The lowest BCUT2D eigenvalue weighted by Gasteiger charge is -2.41. The van der Waals surface area contributed by atoms with Gasteiger partial charge in [-0.3, -0.25) is 57.5 Å². The molecule has 1 aromatic rings. The van der Waals surface area contributed by atoms with E-state index in [0.29, 0.717) is 5.75 Å². The third kappa shape index (κ3) is 23.5. The third-order valence-electron chi connectivity index (χ3n) is 17.3. The molecule has 25 nitrogen and oxygen atoms in total. The van der Waals surface area contributed by atoms with Gasteiger partial charge in [0.2, 0.25) is 65.0 Å². The van der Waals surface area contributed by atoms with E-state index in [9.17, 15) is 43.5 Å². The normalized spacial score (nSPS) is 25.4. The smallest absolute Gasteiger partial charge is 0.308 e. The molecule has 0 unspecified atom stereocenters. The number of amides is 11. The van der Waals surface area contributed by atoms with Crippen LogP contribution in [0.3, 0.4) is 0 Å². The van der Waals surface area contributed by atoms with Crippen LogP contribution < -0.4 is 26.0 Å². The molecule has 1 fully saturated rings. The lowest BCUT2D eigenvalue weighted by molar-refractivity contribution is -0.157. The summed E-state index contributed by atoms with van der Waals surface area (Å²) in [5.41, 5.74) is 0.728. The second kappa shape index (κ2) is 37.6. The molecule has 0 aliphatic carbocycles. The largest absolute Gasteiger partial charge is 0.427 e. The molecular formula is C69H115N11O14. The van der Waals surface area contributed by atoms with Crippen molar-refractivity contribution in [3.8, 4) is 5.75 Å². The SMILES string of the molecule is CC[C@@H]1NC(=O)[C@H]([C@H](O)[C@H](C)CC=Cc2ccc(OC(C)=O)cc2)N(C)C(=O)[C@H](C(C)C)N(C)C(=O)[C@H](CC(C)C)N(C)C(=O)[C@H](CC(C)C)N(C)C(=O)[C@@H](C)NC(=O)[C@H](C)NC(=O)[C@H](CC(C)C)N(C)C(=O)[C@H](C(C)C)NC(=O)[C@H](CC(C)C)N(C)C(=O)CN(C)C1=O. The number of rotatable bonds is 17. The molecule has 0 saturated carbocycles. The second-order valence-corrected chi connectivity index (χ2v) is 28.1. The van der Waals surface area contributed by atoms with E-state index in [1.807, 2.05) is 55.4 Å². The summed E-state index contributed by atoms with van der Waals surface area (Å²) in [5, 5.41) is 23.4. The number of aliphatic hydroxyl groups is 1. The van der Waals surface area contributed by atoms with Crippen molar-refractivity contribution in [2.24, 2.45) is 41.4 Å². The quantitative estimate of drug-likeness (QED) is 0.107. The minimum Gasteiger partial charge on any atom is -0.427 e. The van der Waals surface area contributed by atoms with E-state index in [1.54, 1.807) is 78.0 Å². The number of likely N-dealkylation sites (N-methyl/N-ethyl adjacent to an activating group) is 7. The summed E-state index contributed by atoms with van der Waals surface area (Å²) in [5.74, 6) is -10.4. The van der Waals surface area contributed by atoms with Gasteiger partial charge in [0, 0.05) is 56.3 Å². The molecule has 530 valence electrons. The number of aliphatic hydroxyl groups excluding tert-OH is 1. The highest BCUT2D eigenvalue weighted by atomic mass is 16.5. The fourth-order valence-electron chi connectivity index (χ4n) is 11.6. The number of nitrogens with zero attached hydrogens (tertiary/aromatic N) is 7. The number of nitrogens with one attached hydrogen (secondary N) is 4. The molecule has 1 aliphatic heterocycles. The minimum atomic E-state index is -1.70. The van der Waals surface area contributed by atoms with Crippen molar-refractivity contribution in [1.82, 2.24) is 55.6 Å². The van der Waals surface area contributed by atoms with Crippen LogP contribution >= 0.6 is 0 Å². The Labute approximate surface area is 559 Å². The molecule has 94 heavy (non-hydrogen) atoms. The van der Waals surface area contributed by atoms with Gasteiger partial charge in [-0.2, -0.15) is 0 Å². The Hall–Kier alpha value is -7.44. The molecule has 0 aromatic heterocycles. The van der Waals surface area contributed by atoms with Crippen molar-refractivity contribution >= 4 is 77.0 Å². The van der Waals surface area contributed by atoms with Crippen molar-refractivity contribution < 1.29 is 67.4 Å². The van der Waals surface area contributed by atoms with E-state index in [2.05, 4.69) is 21.3 Å². The molecule has 12 atom stereocenters. The van der Waals surface area contributed by atoms with E-state index < -0.39 is 162 Å². The monoisotopic (exact) mass is 1320 g/mol. The molecular weight excluding hydrogens is 1210 g/mol. The molecule has 1 heterocycles. The van der Waals surface area contributed by atoms with Gasteiger partial charge in [0.05, 0.1) is 12.6 Å². The Morgan fingerprint density at radius 1 is 0.511 bits per heavy atom. The lowest BCUT2D eigenvalue weighted by atomic mass is 9.91.